The van der Waals surface area contributed by atoms with Crippen LogP contribution in [0, 0.1) is 6.92 Å². The predicted molar refractivity (Wildman–Crippen MR) is 83.6 cm³/mol. The second-order valence-electron chi connectivity index (χ2n) is 4.75. The molecule has 0 bridgehead atoms. The van der Waals surface area contributed by atoms with Crippen LogP contribution in [0.4, 0.5) is 0 Å². The van der Waals surface area contributed by atoms with E-state index in [2.05, 4.69) is 43.3 Å². The molecule has 2 aromatic heterocycles. The summed E-state index contributed by atoms with van der Waals surface area (Å²) in [5, 5.41) is 8.04. The van der Waals surface area contributed by atoms with Gasteiger partial charge in [-0.2, -0.15) is 5.10 Å². The molecule has 2 aromatic rings. The van der Waals surface area contributed by atoms with Crippen molar-refractivity contribution in [1.29, 1.82) is 0 Å². The van der Waals surface area contributed by atoms with Crippen molar-refractivity contribution in [3.8, 4) is 5.75 Å². The lowest BCUT2D eigenvalue weighted by Gasteiger charge is -2.19. The van der Waals surface area contributed by atoms with Gasteiger partial charge < -0.3 is 10.1 Å². The minimum atomic E-state index is 0.144. The van der Waals surface area contributed by atoms with E-state index in [4.69, 9.17) is 4.74 Å². The lowest BCUT2D eigenvalue weighted by molar-refractivity contribution is 0.399. The van der Waals surface area contributed by atoms with E-state index >= 15 is 0 Å². The Kier molecular flexibility index (Phi) is 5.20. The first kappa shape index (κ1) is 15.1. The first-order valence-electron chi connectivity index (χ1n) is 7.10. The summed E-state index contributed by atoms with van der Waals surface area (Å²) < 4.78 is 7.51. The second kappa shape index (κ2) is 6.90. The van der Waals surface area contributed by atoms with E-state index in [0.717, 1.165) is 31.0 Å². The largest absolute Gasteiger partial charge is 0.493 e. The Balaban J connectivity index is 2.42. The third-order valence-corrected chi connectivity index (χ3v) is 4.35. The molecule has 0 aromatic carbocycles. The molecule has 0 aliphatic carbocycles. The van der Waals surface area contributed by atoms with Crippen LogP contribution in [0.3, 0.4) is 0 Å². The summed E-state index contributed by atoms with van der Waals surface area (Å²) in [6, 6.07) is 4.51. The van der Waals surface area contributed by atoms with E-state index in [1.165, 1.54) is 9.75 Å². The van der Waals surface area contributed by atoms with Crippen molar-refractivity contribution in [2.75, 3.05) is 13.7 Å². The summed E-state index contributed by atoms with van der Waals surface area (Å²) in [6.45, 7) is 8.23. The summed E-state index contributed by atoms with van der Waals surface area (Å²) in [5.74, 6) is 0.853. The number of aryl methyl sites for hydroxylation is 2. The molecule has 0 aliphatic heterocycles. The Morgan fingerprint density at radius 1 is 1.40 bits per heavy atom. The SMILES string of the molecule is CCCNC(c1ccc(C)s1)c1c(OC)cnn1CC. The van der Waals surface area contributed by atoms with Crippen molar-refractivity contribution in [3.05, 3.63) is 33.8 Å². The van der Waals surface area contributed by atoms with Crippen LogP contribution < -0.4 is 10.1 Å². The molecule has 1 unspecified atom stereocenters. The molecule has 2 rings (SSSR count). The van der Waals surface area contributed by atoms with Gasteiger partial charge in [0.25, 0.3) is 0 Å². The summed E-state index contributed by atoms with van der Waals surface area (Å²) in [5.41, 5.74) is 1.12. The second-order valence-corrected chi connectivity index (χ2v) is 6.07. The van der Waals surface area contributed by atoms with Gasteiger partial charge in [0, 0.05) is 16.3 Å². The molecule has 0 saturated heterocycles. The topological polar surface area (TPSA) is 39.1 Å². The summed E-state index contributed by atoms with van der Waals surface area (Å²) >= 11 is 1.82. The number of aromatic nitrogens is 2. The van der Waals surface area contributed by atoms with Crippen molar-refractivity contribution in [2.24, 2.45) is 0 Å². The summed E-state index contributed by atoms with van der Waals surface area (Å²) in [7, 11) is 1.71. The van der Waals surface area contributed by atoms with Gasteiger partial charge in [-0.05, 0) is 38.9 Å². The predicted octanol–water partition coefficient (Wildman–Crippen LogP) is 3.37. The Hall–Kier alpha value is -1.33. The highest BCUT2D eigenvalue weighted by atomic mass is 32.1. The Bertz CT molecular complexity index is 526. The summed E-state index contributed by atoms with van der Waals surface area (Å²) in [4.78, 5) is 2.63. The highest BCUT2D eigenvalue weighted by molar-refractivity contribution is 7.12. The average Bonchev–Trinajstić information content (AvgIpc) is 3.06. The lowest BCUT2D eigenvalue weighted by atomic mass is 10.1. The molecule has 0 fully saturated rings. The van der Waals surface area contributed by atoms with Crippen molar-refractivity contribution >= 4 is 11.3 Å². The molecule has 1 N–H and O–H groups in total. The molecular formula is C15H23N3OS. The monoisotopic (exact) mass is 293 g/mol. The van der Waals surface area contributed by atoms with Gasteiger partial charge in [0.05, 0.1) is 19.3 Å². The van der Waals surface area contributed by atoms with Crippen molar-refractivity contribution in [1.82, 2.24) is 15.1 Å². The minimum Gasteiger partial charge on any atom is -0.493 e. The molecular weight excluding hydrogens is 270 g/mol. The van der Waals surface area contributed by atoms with Crippen LogP contribution in [0.5, 0.6) is 5.75 Å². The van der Waals surface area contributed by atoms with E-state index < -0.39 is 0 Å². The van der Waals surface area contributed by atoms with Crippen molar-refractivity contribution in [2.45, 2.75) is 39.8 Å². The average molecular weight is 293 g/mol. The molecule has 5 heteroatoms. The van der Waals surface area contributed by atoms with E-state index in [1.54, 1.807) is 13.3 Å². The maximum atomic E-state index is 5.50. The third kappa shape index (κ3) is 3.04. The Labute approximate surface area is 124 Å². The molecule has 0 radical (unpaired) electrons. The fourth-order valence-electron chi connectivity index (χ4n) is 2.31. The van der Waals surface area contributed by atoms with Crippen LogP contribution in [0.2, 0.25) is 0 Å². The number of nitrogens with zero attached hydrogens (tertiary/aromatic N) is 2. The molecule has 0 amide bonds. The highest BCUT2D eigenvalue weighted by Crippen LogP contribution is 2.33. The summed E-state index contributed by atoms with van der Waals surface area (Å²) in [6.07, 6.45) is 2.91. The molecule has 2 heterocycles. The van der Waals surface area contributed by atoms with Gasteiger partial charge in [-0.25, -0.2) is 0 Å². The van der Waals surface area contributed by atoms with Gasteiger partial charge in [0.15, 0.2) is 5.75 Å². The van der Waals surface area contributed by atoms with Gasteiger partial charge in [-0.15, -0.1) is 11.3 Å². The zero-order valence-corrected chi connectivity index (χ0v) is 13.5. The van der Waals surface area contributed by atoms with E-state index in [-0.39, 0.29) is 6.04 Å². The first-order valence-corrected chi connectivity index (χ1v) is 7.92. The first-order chi connectivity index (χ1) is 9.71. The van der Waals surface area contributed by atoms with Gasteiger partial charge in [-0.1, -0.05) is 6.92 Å². The maximum Gasteiger partial charge on any atom is 0.161 e. The molecule has 1 atom stereocenters. The fraction of sp³-hybridized carbons (Fsp3) is 0.533. The molecule has 0 saturated carbocycles. The number of methoxy groups -OCH3 is 1. The van der Waals surface area contributed by atoms with E-state index in [1.807, 2.05) is 16.0 Å². The number of hydrogen-bond acceptors (Lipinski definition) is 4. The van der Waals surface area contributed by atoms with Gasteiger partial charge in [0.1, 0.15) is 5.69 Å². The Morgan fingerprint density at radius 2 is 2.20 bits per heavy atom. The molecule has 0 aliphatic rings. The number of thiophene rings is 1. The minimum absolute atomic E-state index is 0.144. The number of ether oxygens (including phenoxy) is 1. The quantitative estimate of drug-likeness (QED) is 0.850. The van der Waals surface area contributed by atoms with Crippen LogP contribution in [0.15, 0.2) is 18.3 Å². The molecule has 20 heavy (non-hydrogen) atoms. The number of rotatable bonds is 7. The number of hydrogen-bond donors (Lipinski definition) is 1. The zero-order valence-electron chi connectivity index (χ0n) is 12.6. The lowest BCUT2D eigenvalue weighted by Crippen LogP contribution is -2.25. The van der Waals surface area contributed by atoms with E-state index in [9.17, 15) is 0 Å². The standard InChI is InChI=1S/C15H23N3OS/c1-5-9-16-14(13-8-7-11(3)20-13)15-12(19-4)10-17-18(15)6-2/h7-8,10,14,16H,5-6,9H2,1-4H3. The molecule has 4 nitrogen and oxygen atoms in total. The van der Waals surface area contributed by atoms with Gasteiger partial charge >= 0.3 is 0 Å². The third-order valence-electron chi connectivity index (χ3n) is 3.28. The van der Waals surface area contributed by atoms with Crippen LogP contribution >= 0.6 is 11.3 Å². The molecule has 0 spiro atoms. The van der Waals surface area contributed by atoms with Gasteiger partial charge in [-0.3, -0.25) is 4.68 Å². The van der Waals surface area contributed by atoms with Crippen LogP contribution in [-0.4, -0.2) is 23.4 Å². The zero-order chi connectivity index (χ0) is 14.5. The molecule has 110 valence electrons. The van der Waals surface area contributed by atoms with E-state index in [0.29, 0.717) is 0 Å². The highest BCUT2D eigenvalue weighted by Gasteiger charge is 2.23. The van der Waals surface area contributed by atoms with Crippen LogP contribution in [-0.2, 0) is 6.54 Å². The van der Waals surface area contributed by atoms with Crippen LogP contribution in [0.1, 0.15) is 41.8 Å². The normalized spacial score (nSPS) is 12.6. The fourth-order valence-corrected chi connectivity index (χ4v) is 3.26. The maximum absolute atomic E-state index is 5.50. The number of nitrogens with one attached hydrogen (secondary N) is 1. The van der Waals surface area contributed by atoms with Crippen molar-refractivity contribution < 1.29 is 4.74 Å². The Morgan fingerprint density at radius 3 is 2.75 bits per heavy atom. The van der Waals surface area contributed by atoms with Gasteiger partial charge in [0.2, 0.25) is 0 Å². The smallest absolute Gasteiger partial charge is 0.161 e. The van der Waals surface area contributed by atoms with Crippen LogP contribution in [0.25, 0.3) is 0 Å². The van der Waals surface area contributed by atoms with Crippen molar-refractivity contribution in [3.63, 3.8) is 0 Å².